The summed E-state index contributed by atoms with van der Waals surface area (Å²) in [5, 5.41) is 0. The Morgan fingerprint density at radius 3 is 2.86 bits per heavy atom. The van der Waals surface area contributed by atoms with Crippen LogP contribution in [-0.4, -0.2) is 37.0 Å². The smallest absolute Gasteiger partial charge is 0.290 e. The predicted molar refractivity (Wildman–Crippen MR) is 81.7 cm³/mol. The Morgan fingerprint density at radius 2 is 2.14 bits per heavy atom. The van der Waals surface area contributed by atoms with Gasteiger partial charge in [0, 0.05) is 32.2 Å². The number of hydrogen-bond donors (Lipinski definition) is 2. The fourth-order valence-corrected chi connectivity index (χ4v) is 2.37. The molecule has 1 fully saturated rings. The molecule has 1 atom stereocenters. The number of likely N-dealkylation sites (N-methyl/N-ethyl adjacent to an activating group) is 1. The normalized spacial score (nSPS) is 17.4. The first-order valence-electron chi connectivity index (χ1n) is 7.29. The summed E-state index contributed by atoms with van der Waals surface area (Å²) in [5.74, 6) is 1.10. The van der Waals surface area contributed by atoms with Crippen molar-refractivity contribution in [3.8, 4) is 11.7 Å². The summed E-state index contributed by atoms with van der Waals surface area (Å²) in [6.07, 6.45) is 0.998. The van der Waals surface area contributed by atoms with Crippen molar-refractivity contribution in [2.24, 2.45) is 0 Å². The molecule has 6 nitrogen and oxygen atoms in total. The zero-order valence-corrected chi connectivity index (χ0v) is 12.4. The first-order valence-corrected chi connectivity index (χ1v) is 7.29. The second-order valence-electron chi connectivity index (χ2n) is 5.28. The van der Waals surface area contributed by atoms with Crippen molar-refractivity contribution >= 4 is 5.91 Å². The molecule has 1 aliphatic rings. The number of carbonyl (C=O) groups is 1. The van der Waals surface area contributed by atoms with Crippen LogP contribution in [0.3, 0.4) is 0 Å². The molecule has 0 bridgehead atoms. The minimum atomic E-state index is -0.156. The molecular formula is C16H19N3O3. The molecule has 0 saturated carbocycles. The highest BCUT2D eigenvalue weighted by Crippen LogP contribution is 2.24. The zero-order valence-electron chi connectivity index (χ0n) is 12.4. The number of ether oxygens (including phenoxy) is 1. The lowest BCUT2D eigenvalue weighted by Crippen LogP contribution is -2.41. The van der Waals surface area contributed by atoms with Crippen molar-refractivity contribution in [3.63, 3.8) is 0 Å². The van der Waals surface area contributed by atoms with Gasteiger partial charge in [0.05, 0.1) is 0 Å². The highest BCUT2D eigenvalue weighted by molar-refractivity contribution is 5.91. The third-order valence-corrected chi connectivity index (χ3v) is 3.52. The largest absolute Gasteiger partial charge is 0.426 e. The molecule has 2 aromatic rings. The maximum absolute atomic E-state index is 12.3. The van der Waals surface area contributed by atoms with Gasteiger partial charge in [-0.3, -0.25) is 15.6 Å². The summed E-state index contributed by atoms with van der Waals surface area (Å²) < 4.78 is 11.0. The summed E-state index contributed by atoms with van der Waals surface area (Å²) in [4.78, 5) is 14.0. The Bertz CT molecular complexity index is 621. The number of hydrazine groups is 1. The lowest BCUT2D eigenvalue weighted by molar-refractivity contribution is 0.0746. The van der Waals surface area contributed by atoms with Crippen LogP contribution in [0.2, 0.25) is 0 Å². The molecule has 0 spiro atoms. The summed E-state index contributed by atoms with van der Waals surface area (Å²) in [6, 6.07) is 12.9. The van der Waals surface area contributed by atoms with E-state index in [0.717, 1.165) is 13.0 Å². The zero-order chi connectivity index (χ0) is 15.4. The van der Waals surface area contributed by atoms with E-state index in [1.165, 1.54) is 0 Å². The predicted octanol–water partition coefficient (Wildman–Crippen LogP) is 2.01. The van der Waals surface area contributed by atoms with Gasteiger partial charge in [-0.05, 0) is 24.6 Å². The van der Waals surface area contributed by atoms with Gasteiger partial charge < -0.3 is 14.1 Å². The Labute approximate surface area is 129 Å². The van der Waals surface area contributed by atoms with Crippen molar-refractivity contribution in [2.75, 3.05) is 20.1 Å². The van der Waals surface area contributed by atoms with Gasteiger partial charge in [-0.15, -0.1) is 0 Å². The average molecular weight is 301 g/mol. The Hall–Kier alpha value is -2.31. The molecule has 22 heavy (non-hydrogen) atoms. The standard InChI is InChI=1S/C16H19N3O3/c1-19(11-12-9-10-17-18-12)16(20)14-7-8-15(22-14)21-13-5-3-2-4-6-13/h2-8,12,17-18H,9-11H2,1H3. The monoisotopic (exact) mass is 301 g/mol. The molecule has 1 amide bonds. The van der Waals surface area contributed by atoms with Crippen LogP contribution in [-0.2, 0) is 0 Å². The third-order valence-electron chi connectivity index (χ3n) is 3.52. The maximum Gasteiger partial charge on any atom is 0.290 e. The van der Waals surface area contributed by atoms with Crippen LogP contribution in [0.25, 0.3) is 0 Å². The van der Waals surface area contributed by atoms with Gasteiger partial charge >= 0.3 is 0 Å². The van der Waals surface area contributed by atoms with E-state index in [1.54, 1.807) is 24.1 Å². The van der Waals surface area contributed by atoms with E-state index in [4.69, 9.17) is 9.15 Å². The highest BCUT2D eigenvalue weighted by Gasteiger charge is 2.21. The first kappa shape index (κ1) is 14.6. The van der Waals surface area contributed by atoms with E-state index in [2.05, 4.69) is 10.9 Å². The fourth-order valence-electron chi connectivity index (χ4n) is 2.37. The maximum atomic E-state index is 12.3. The molecule has 1 unspecified atom stereocenters. The van der Waals surface area contributed by atoms with Crippen molar-refractivity contribution in [1.29, 1.82) is 0 Å². The molecule has 1 aromatic carbocycles. The summed E-state index contributed by atoms with van der Waals surface area (Å²) in [6.45, 7) is 1.55. The molecular weight excluding hydrogens is 282 g/mol. The number of benzene rings is 1. The number of amides is 1. The number of nitrogens with zero attached hydrogens (tertiary/aromatic N) is 1. The number of hydrogen-bond acceptors (Lipinski definition) is 5. The van der Waals surface area contributed by atoms with E-state index in [-0.39, 0.29) is 17.7 Å². The molecule has 2 N–H and O–H groups in total. The lowest BCUT2D eigenvalue weighted by Gasteiger charge is -2.19. The highest BCUT2D eigenvalue weighted by atomic mass is 16.6. The Morgan fingerprint density at radius 1 is 1.32 bits per heavy atom. The third kappa shape index (κ3) is 3.47. The lowest BCUT2D eigenvalue weighted by atomic mass is 10.2. The molecule has 1 aliphatic heterocycles. The second-order valence-corrected chi connectivity index (χ2v) is 5.28. The van der Waals surface area contributed by atoms with Crippen LogP contribution in [0.1, 0.15) is 17.0 Å². The summed E-state index contributed by atoms with van der Waals surface area (Å²) >= 11 is 0. The van der Waals surface area contributed by atoms with Crippen LogP contribution < -0.4 is 15.6 Å². The van der Waals surface area contributed by atoms with Crippen molar-refractivity contribution in [2.45, 2.75) is 12.5 Å². The van der Waals surface area contributed by atoms with E-state index in [9.17, 15) is 4.79 Å². The second kappa shape index (κ2) is 6.64. The number of nitrogens with one attached hydrogen (secondary N) is 2. The van der Waals surface area contributed by atoms with Gasteiger partial charge in [-0.1, -0.05) is 18.2 Å². The minimum Gasteiger partial charge on any atom is -0.426 e. The molecule has 0 radical (unpaired) electrons. The number of para-hydroxylation sites is 1. The molecule has 1 saturated heterocycles. The average Bonchev–Trinajstić information content (AvgIpc) is 3.19. The van der Waals surface area contributed by atoms with Crippen molar-refractivity contribution < 1.29 is 13.9 Å². The van der Waals surface area contributed by atoms with E-state index < -0.39 is 0 Å². The Balaban J connectivity index is 1.61. The van der Waals surface area contributed by atoms with Crippen LogP contribution in [0.5, 0.6) is 11.7 Å². The summed E-state index contributed by atoms with van der Waals surface area (Å²) in [5.41, 5.74) is 6.19. The number of carbonyl (C=O) groups excluding carboxylic acids is 1. The first-order chi connectivity index (χ1) is 10.7. The van der Waals surface area contributed by atoms with Crippen molar-refractivity contribution in [3.05, 3.63) is 48.2 Å². The van der Waals surface area contributed by atoms with Gasteiger partial charge in [0.2, 0.25) is 0 Å². The topological polar surface area (TPSA) is 66.7 Å². The number of rotatable bonds is 5. The fraction of sp³-hybridized carbons (Fsp3) is 0.312. The van der Waals surface area contributed by atoms with Crippen molar-refractivity contribution in [1.82, 2.24) is 15.8 Å². The van der Waals surface area contributed by atoms with Crippen LogP contribution in [0.15, 0.2) is 46.9 Å². The molecule has 116 valence electrons. The SMILES string of the molecule is CN(CC1CCNN1)C(=O)c1ccc(Oc2ccccc2)o1. The molecule has 1 aromatic heterocycles. The molecule has 0 aliphatic carbocycles. The van der Waals surface area contributed by atoms with Gasteiger partial charge in [-0.2, -0.15) is 0 Å². The van der Waals surface area contributed by atoms with E-state index >= 15 is 0 Å². The van der Waals surface area contributed by atoms with Gasteiger partial charge in [0.1, 0.15) is 5.75 Å². The van der Waals surface area contributed by atoms with Crippen LogP contribution in [0.4, 0.5) is 0 Å². The molecule has 2 heterocycles. The Kier molecular flexibility index (Phi) is 4.41. The van der Waals surface area contributed by atoms with E-state index in [0.29, 0.717) is 18.2 Å². The van der Waals surface area contributed by atoms with Crippen LogP contribution >= 0.6 is 0 Å². The quantitative estimate of drug-likeness (QED) is 0.884. The molecule has 6 heteroatoms. The number of furan rings is 1. The van der Waals surface area contributed by atoms with Gasteiger partial charge in [-0.25, -0.2) is 0 Å². The van der Waals surface area contributed by atoms with Gasteiger partial charge in [0.15, 0.2) is 5.76 Å². The molecule has 3 rings (SSSR count). The van der Waals surface area contributed by atoms with Crippen LogP contribution in [0, 0.1) is 0 Å². The van der Waals surface area contributed by atoms with E-state index in [1.807, 2.05) is 30.3 Å². The summed E-state index contributed by atoms with van der Waals surface area (Å²) in [7, 11) is 1.77. The minimum absolute atomic E-state index is 0.156. The van der Waals surface area contributed by atoms with Gasteiger partial charge in [0.25, 0.3) is 11.9 Å².